The van der Waals surface area contributed by atoms with E-state index in [2.05, 4.69) is 0 Å². The maximum Gasteiger partial charge on any atom is 0.132 e. The Hall–Kier alpha value is -1.26. The molecule has 1 aliphatic heterocycles. The monoisotopic (exact) mass is 308 g/mol. The Morgan fingerprint density at radius 2 is 2.14 bits per heavy atom. The number of nitrogens with two attached hydrogens (primary N) is 1. The molecule has 4 nitrogen and oxygen atoms in total. The van der Waals surface area contributed by atoms with Crippen LogP contribution in [0.25, 0.3) is 0 Å². The molecule has 1 saturated carbocycles. The van der Waals surface area contributed by atoms with E-state index >= 15 is 0 Å². The van der Waals surface area contributed by atoms with Crippen LogP contribution in [-0.4, -0.2) is 24.1 Å². The fourth-order valence-electron chi connectivity index (χ4n) is 3.45. The van der Waals surface area contributed by atoms with Crippen molar-refractivity contribution >= 4 is 17.4 Å². The van der Waals surface area contributed by atoms with Gasteiger partial charge >= 0.3 is 0 Å². The lowest BCUT2D eigenvalue weighted by molar-refractivity contribution is -0.108. The van der Waals surface area contributed by atoms with Crippen LogP contribution in [0.15, 0.2) is 18.2 Å². The maximum absolute atomic E-state index is 7.65. The van der Waals surface area contributed by atoms with E-state index < -0.39 is 0 Å². The first-order valence-electron chi connectivity index (χ1n) is 7.53. The van der Waals surface area contributed by atoms with Crippen molar-refractivity contribution in [3.05, 3.63) is 28.8 Å². The SMILES string of the molecule is N=C(N)c1ccc(Cl)cc1OC1CCOC2(CCCC2)C1. The summed E-state index contributed by atoms with van der Waals surface area (Å²) in [4.78, 5) is 0. The van der Waals surface area contributed by atoms with E-state index in [-0.39, 0.29) is 17.5 Å². The Bertz CT molecular complexity index is 541. The quantitative estimate of drug-likeness (QED) is 0.663. The zero-order valence-corrected chi connectivity index (χ0v) is 12.8. The fourth-order valence-corrected chi connectivity index (χ4v) is 3.61. The molecule has 1 heterocycles. The van der Waals surface area contributed by atoms with Gasteiger partial charge in [-0.3, -0.25) is 5.41 Å². The van der Waals surface area contributed by atoms with E-state index in [0.717, 1.165) is 32.3 Å². The molecule has 3 rings (SSSR count). The number of ether oxygens (including phenoxy) is 2. The molecule has 1 unspecified atom stereocenters. The van der Waals surface area contributed by atoms with Crippen molar-refractivity contribution in [1.82, 2.24) is 0 Å². The molecule has 21 heavy (non-hydrogen) atoms. The predicted molar refractivity (Wildman–Crippen MR) is 83.3 cm³/mol. The van der Waals surface area contributed by atoms with Crippen molar-refractivity contribution in [3.8, 4) is 5.75 Å². The van der Waals surface area contributed by atoms with Gasteiger partial charge in [-0.15, -0.1) is 0 Å². The van der Waals surface area contributed by atoms with Crippen molar-refractivity contribution in [2.75, 3.05) is 6.61 Å². The average molecular weight is 309 g/mol. The molecule has 0 radical (unpaired) electrons. The summed E-state index contributed by atoms with van der Waals surface area (Å²) in [5.41, 5.74) is 6.24. The van der Waals surface area contributed by atoms with Gasteiger partial charge in [0.1, 0.15) is 17.7 Å². The lowest BCUT2D eigenvalue weighted by Gasteiger charge is -2.38. The minimum absolute atomic E-state index is 0.00399. The van der Waals surface area contributed by atoms with Crippen LogP contribution in [0.4, 0.5) is 0 Å². The zero-order chi connectivity index (χ0) is 14.9. The highest BCUT2D eigenvalue weighted by molar-refractivity contribution is 6.30. The lowest BCUT2D eigenvalue weighted by Crippen LogP contribution is -2.41. The molecular formula is C16H21ClN2O2. The molecular weight excluding hydrogens is 288 g/mol. The van der Waals surface area contributed by atoms with Gasteiger partial charge in [-0.2, -0.15) is 0 Å². The Kier molecular flexibility index (Phi) is 4.09. The topological polar surface area (TPSA) is 68.3 Å². The van der Waals surface area contributed by atoms with Gasteiger partial charge < -0.3 is 15.2 Å². The van der Waals surface area contributed by atoms with Crippen LogP contribution in [0.5, 0.6) is 5.75 Å². The second-order valence-corrected chi connectivity index (χ2v) is 6.46. The van der Waals surface area contributed by atoms with Crippen LogP contribution in [0.3, 0.4) is 0 Å². The standard InChI is InChI=1S/C16H21ClN2O2/c17-11-3-4-13(15(18)19)14(9-11)21-12-5-8-20-16(10-12)6-1-2-7-16/h3-4,9,12H,1-2,5-8,10H2,(H3,18,19). The smallest absolute Gasteiger partial charge is 0.132 e. The van der Waals surface area contributed by atoms with Crippen molar-refractivity contribution < 1.29 is 9.47 Å². The minimum atomic E-state index is 0.00399. The van der Waals surface area contributed by atoms with Gasteiger partial charge in [-0.05, 0) is 31.0 Å². The van der Waals surface area contributed by atoms with Crippen LogP contribution in [0.1, 0.15) is 44.1 Å². The van der Waals surface area contributed by atoms with Crippen LogP contribution in [0.2, 0.25) is 5.02 Å². The van der Waals surface area contributed by atoms with Gasteiger partial charge in [-0.25, -0.2) is 0 Å². The zero-order valence-electron chi connectivity index (χ0n) is 12.0. The second-order valence-electron chi connectivity index (χ2n) is 6.03. The molecule has 1 saturated heterocycles. The Morgan fingerprint density at radius 3 is 2.86 bits per heavy atom. The molecule has 1 spiro atoms. The number of benzene rings is 1. The molecule has 1 aliphatic carbocycles. The third-order valence-electron chi connectivity index (χ3n) is 4.49. The Morgan fingerprint density at radius 1 is 1.38 bits per heavy atom. The summed E-state index contributed by atoms with van der Waals surface area (Å²) >= 11 is 6.04. The maximum atomic E-state index is 7.65. The van der Waals surface area contributed by atoms with Gasteiger partial charge in [0, 0.05) is 17.9 Å². The van der Waals surface area contributed by atoms with E-state index in [1.54, 1.807) is 18.2 Å². The van der Waals surface area contributed by atoms with Crippen molar-refractivity contribution in [2.24, 2.45) is 5.73 Å². The Labute approximate surface area is 130 Å². The van der Waals surface area contributed by atoms with Crippen LogP contribution in [0, 0.1) is 5.41 Å². The number of hydrogen-bond acceptors (Lipinski definition) is 3. The average Bonchev–Trinajstić information content (AvgIpc) is 2.86. The molecule has 1 aromatic rings. The first-order chi connectivity index (χ1) is 10.1. The fraction of sp³-hybridized carbons (Fsp3) is 0.562. The van der Waals surface area contributed by atoms with Gasteiger partial charge in [0.05, 0.1) is 17.8 Å². The van der Waals surface area contributed by atoms with E-state index in [4.69, 9.17) is 32.2 Å². The highest BCUT2D eigenvalue weighted by Crippen LogP contribution is 2.41. The molecule has 114 valence electrons. The van der Waals surface area contributed by atoms with Crippen LogP contribution >= 0.6 is 11.6 Å². The van der Waals surface area contributed by atoms with E-state index in [0.29, 0.717) is 16.3 Å². The Balaban J connectivity index is 1.77. The van der Waals surface area contributed by atoms with Crippen molar-refractivity contribution in [3.63, 3.8) is 0 Å². The van der Waals surface area contributed by atoms with Crippen molar-refractivity contribution in [1.29, 1.82) is 5.41 Å². The molecule has 0 aromatic heterocycles. The summed E-state index contributed by atoms with van der Waals surface area (Å²) in [6, 6.07) is 5.22. The predicted octanol–water partition coefficient (Wildman–Crippen LogP) is 3.49. The summed E-state index contributed by atoms with van der Waals surface area (Å²) in [7, 11) is 0. The second kappa shape index (κ2) is 5.85. The molecule has 0 amide bonds. The normalized spacial score (nSPS) is 24.1. The number of nitrogen functional groups attached to an aromatic ring is 1. The summed E-state index contributed by atoms with van der Waals surface area (Å²) < 4.78 is 12.2. The molecule has 0 bridgehead atoms. The highest BCUT2D eigenvalue weighted by Gasteiger charge is 2.40. The van der Waals surface area contributed by atoms with Crippen molar-refractivity contribution in [2.45, 2.75) is 50.2 Å². The van der Waals surface area contributed by atoms with E-state index in [1.807, 2.05) is 0 Å². The van der Waals surface area contributed by atoms with Gasteiger partial charge in [-0.1, -0.05) is 24.4 Å². The van der Waals surface area contributed by atoms with E-state index in [9.17, 15) is 0 Å². The highest BCUT2D eigenvalue weighted by atomic mass is 35.5. The summed E-state index contributed by atoms with van der Waals surface area (Å²) in [5, 5.41) is 8.25. The number of rotatable bonds is 3. The van der Waals surface area contributed by atoms with Crippen LogP contribution in [-0.2, 0) is 4.74 Å². The molecule has 3 N–H and O–H groups in total. The number of nitrogens with one attached hydrogen (secondary N) is 1. The number of hydrogen-bond donors (Lipinski definition) is 2. The van der Waals surface area contributed by atoms with Crippen LogP contribution < -0.4 is 10.5 Å². The summed E-state index contributed by atoms with van der Waals surface area (Å²) in [6.45, 7) is 0.737. The van der Waals surface area contributed by atoms with Gasteiger partial charge in [0.25, 0.3) is 0 Å². The first-order valence-corrected chi connectivity index (χ1v) is 7.90. The minimum Gasteiger partial charge on any atom is -0.489 e. The molecule has 2 fully saturated rings. The number of halogens is 1. The van der Waals surface area contributed by atoms with Gasteiger partial charge in [0.15, 0.2) is 0 Å². The molecule has 2 aliphatic rings. The largest absolute Gasteiger partial charge is 0.489 e. The van der Waals surface area contributed by atoms with E-state index in [1.165, 1.54) is 12.8 Å². The third kappa shape index (κ3) is 3.16. The van der Waals surface area contributed by atoms with Gasteiger partial charge in [0.2, 0.25) is 0 Å². The molecule has 1 atom stereocenters. The lowest BCUT2D eigenvalue weighted by atomic mass is 9.90. The third-order valence-corrected chi connectivity index (χ3v) is 4.73. The molecule has 1 aromatic carbocycles. The number of amidine groups is 1. The summed E-state index contributed by atoms with van der Waals surface area (Å²) in [5.74, 6) is 0.611. The summed E-state index contributed by atoms with van der Waals surface area (Å²) in [6.07, 6.45) is 6.62. The molecule has 5 heteroatoms. The first kappa shape index (κ1) is 14.7.